The normalized spacial score (nSPS) is 9.85. The lowest BCUT2D eigenvalue weighted by Gasteiger charge is -2.06. The van der Waals surface area contributed by atoms with Gasteiger partial charge in [0.15, 0.2) is 0 Å². The average Bonchev–Trinajstić information content (AvgIpc) is 2.69. The summed E-state index contributed by atoms with van der Waals surface area (Å²) in [6, 6.07) is 33.8. The first-order valence-electron chi connectivity index (χ1n) is 8.23. The van der Waals surface area contributed by atoms with Crippen LogP contribution in [0.25, 0.3) is 21.9 Å². The molecule has 0 aliphatic rings. The Labute approximate surface area is 152 Å². The molecule has 3 nitrogen and oxygen atoms in total. The van der Waals surface area contributed by atoms with E-state index in [0.29, 0.717) is 5.75 Å². The minimum Gasteiger partial charge on any atom is -0.449 e. The van der Waals surface area contributed by atoms with Crippen molar-refractivity contribution in [2.24, 2.45) is 0 Å². The maximum atomic E-state index is 9.95. The van der Waals surface area contributed by atoms with Gasteiger partial charge in [-0.15, -0.1) is 0 Å². The molecule has 4 rings (SSSR count). The van der Waals surface area contributed by atoms with Crippen molar-refractivity contribution in [3.8, 4) is 16.9 Å². The molecule has 0 heterocycles. The number of carbonyl (C=O) groups is 1. The topological polar surface area (TPSA) is 46.5 Å². The first-order valence-corrected chi connectivity index (χ1v) is 8.23. The second-order valence-corrected chi connectivity index (χ2v) is 5.57. The van der Waals surface area contributed by atoms with Crippen molar-refractivity contribution in [2.45, 2.75) is 0 Å². The second kappa shape index (κ2) is 8.49. The van der Waals surface area contributed by atoms with Crippen LogP contribution < -0.4 is 4.74 Å². The minimum absolute atomic E-state index is 0.343. The van der Waals surface area contributed by atoms with E-state index in [-0.39, 0.29) is 0 Å². The summed E-state index contributed by atoms with van der Waals surface area (Å²) in [5, 5.41) is 10.8. The highest BCUT2D eigenvalue weighted by atomic mass is 16.7. The summed E-state index contributed by atoms with van der Waals surface area (Å²) in [4.78, 5) is 9.95. The van der Waals surface area contributed by atoms with Gasteiger partial charge in [0.25, 0.3) is 0 Å². The molecular formula is C23H18O3. The van der Waals surface area contributed by atoms with E-state index in [1.165, 1.54) is 21.9 Å². The Hall–Kier alpha value is -3.59. The van der Waals surface area contributed by atoms with E-state index < -0.39 is 6.16 Å². The van der Waals surface area contributed by atoms with Crippen molar-refractivity contribution >= 4 is 16.9 Å². The Morgan fingerprint density at radius 2 is 1.23 bits per heavy atom. The van der Waals surface area contributed by atoms with Crippen LogP contribution in [-0.4, -0.2) is 11.3 Å². The van der Waals surface area contributed by atoms with Crippen LogP contribution in [0.1, 0.15) is 0 Å². The van der Waals surface area contributed by atoms with Crippen molar-refractivity contribution in [1.82, 2.24) is 0 Å². The van der Waals surface area contributed by atoms with Gasteiger partial charge in [0.2, 0.25) is 0 Å². The smallest absolute Gasteiger partial charge is 0.449 e. The molecule has 4 aromatic carbocycles. The zero-order valence-electron chi connectivity index (χ0n) is 14.1. The van der Waals surface area contributed by atoms with Crippen molar-refractivity contribution in [1.29, 1.82) is 0 Å². The Morgan fingerprint density at radius 3 is 1.92 bits per heavy atom. The van der Waals surface area contributed by atoms with Crippen LogP contribution in [0.2, 0.25) is 0 Å². The predicted octanol–water partition coefficient (Wildman–Crippen LogP) is 6.25. The third kappa shape index (κ3) is 4.48. The molecule has 26 heavy (non-hydrogen) atoms. The fourth-order valence-electron chi connectivity index (χ4n) is 2.68. The van der Waals surface area contributed by atoms with Crippen molar-refractivity contribution in [3.63, 3.8) is 0 Å². The maximum absolute atomic E-state index is 9.95. The van der Waals surface area contributed by atoms with Gasteiger partial charge in [-0.25, -0.2) is 4.79 Å². The van der Waals surface area contributed by atoms with Crippen LogP contribution in [0.5, 0.6) is 5.75 Å². The minimum atomic E-state index is -1.29. The highest BCUT2D eigenvalue weighted by molar-refractivity contribution is 5.96. The number of ether oxygens (including phenoxy) is 1. The molecule has 4 aromatic rings. The summed E-state index contributed by atoms with van der Waals surface area (Å²) in [5.41, 5.74) is 2.58. The van der Waals surface area contributed by atoms with Gasteiger partial charge in [0.05, 0.1) is 0 Å². The first-order chi connectivity index (χ1) is 12.7. The number of rotatable bonds is 2. The van der Waals surface area contributed by atoms with Gasteiger partial charge in [-0.2, -0.15) is 0 Å². The molecule has 0 amide bonds. The van der Waals surface area contributed by atoms with E-state index in [1.54, 1.807) is 30.3 Å². The third-order valence-corrected chi connectivity index (χ3v) is 3.82. The zero-order chi connectivity index (χ0) is 18.2. The molecule has 0 bridgehead atoms. The lowest BCUT2D eigenvalue weighted by atomic mass is 9.98. The first kappa shape index (κ1) is 17.2. The van der Waals surface area contributed by atoms with Gasteiger partial charge in [-0.1, -0.05) is 91.0 Å². The number of hydrogen-bond donors (Lipinski definition) is 1. The molecule has 0 unspecified atom stereocenters. The number of fused-ring (bicyclic) bond motifs is 1. The summed E-state index contributed by atoms with van der Waals surface area (Å²) in [6.07, 6.45) is -1.29. The lowest BCUT2D eigenvalue weighted by molar-refractivity contribution is 0.144. The number of hydrogen-bond acceptors (Lipinski definition) is 2. The number of para-hydroxylation sites is 1. The van der Waals surface area contributed by atoms with Crippen LogP contribution in [0.4, 0.5) is 4.79 Å². The molecule has 128 valence electrons. The zero-order valence-corrected chi connectivity index (χ0v) is 14.1. The molecule has 0 aromatic heterocycles. The highest BCUT2D eigenvalue weighted by Crippen LogP contribution is 2.27. The van der Waals surface area contributed by atoms with Gasteiger partial charge in [0.1, 0.15) is 5.75 Å². The number of carboxylic acid groups (broad SMARTS) is 1. The van der Waals surface area contributed by atoms with Crippen LogP contribution in [-0.2, 0) is 0 Å². The largest absolute Gasteiger partial charge is 0.511 e. The molecule has 0 aliphatic carbocycles. The van der Waals surface area contributed by atoms with Gasteiger partial charge in [-0.05, 0) is 34.0 Å². The molecule has 0 fully saturated rings. The monoisotopic (exact) mass is 342 g/mol. The quantitative estimate of drug-likeness (QED) is 0.346. The summed E-state index contributed by atoms with van der Waals surface area (Å²) in [6.45, 7) is 0. The molecule has 0 saturated heterocycles. The second-order valence-electron chi connectivity index (χ2n) is 5.57. The molecule has 3 heteroatoms. The summed E-state index contributed by atoms with van der Waals surface area (Å²) < 4.78 is 4.33. The standard InChI is InChI=1S/C16H12.C7H6O3/c1-2-7-13(8-3-1)16-12-6-10-14-9-4-5-11-15(14)16;8-7(9)10-6-4-2-1-3-5-6/h1-12H;1-5H,(H,8,9). The molecule has 0 saturated carbocycles. The third-order valence-electron chi connectivity index (χ3n) is 3.82. The average molecular weight is 342 g/mol. The lowest BCUT2D eigenvalue weighted by Crippen LogP contribution is -2.02. The summed E-state index contributed by atoms with van der Waals surface area (Å²) in [7, 11) is 0. The van der Waals surface area contributed by atoms with Gasteiger partial charge >= 0.3 is 6.16 Å². The van der Waals surface area contributed by atoms with Crippen LogP contribution >= 0.6 is 0 Å². The van der Waals surface area contributed by atoms with Crippen molar-refractivity contribution in [2.75, 3.05) is 0 Å². The molecule has 1 N–H and O–H groups in total. The Balaban J connectivity index is 0.000000170. The maximum Gasteiger partial charge on any atom is 0.511 e. The Kier molecular flexibility index (Phi) is 5.63. The predicted molar refractivity (Wildman–Crippen MR) is 104 cm³/mol. The SMILES string of the molecule is O=C(O)Oc1ccccc1.c1ccc(-c2cccc3ccccc23)cc1. The van der Waals surface area contributed by atoms with Crippen molar-refractivity contribution < 1.29 is 14.6 Å². The van der Waals surface area contributed by atoms with Crippen LogP contribution in [0.3, 0.4) is 0 Å². The molecule has 0 atom stereocenters. The van der Waals surface area contributed by atoms with E-state index in [1.807, 2.05) is 0 Å². The van der Waals surface area contributed by atoms with Crippen LogP contribution in [0.15, 0.2) is 103 Å². The Bertz CT molecular complexity index is 974. The van der Waals surface area contributed by atoms with Gasteiger partial charge < -0.3 is 9.84 Å². The molecule has 0 radical (unpaired) electrons. The Morgan fingerprint density at radius 1 is 0.654 bits per heavy atom. The van der Waals surface area contributed by atoms with E-state index in [2.05, 4.69) is 77.5 Å². The highest BCUT2D eigenvalue weighted by Gasteiger charge is 2.01. The molecule has 0 aliphatic heterocycles. The van der Waals surface area contributed by atoms with Gasteiger partial charge in [-0.3, -0.25) is 0 Å². The summed E-state index contributed by atoms with van der Waals surface area (Å²) in [5.74, 6) is 0.343. The van der Waals surface area contributed by atoms with E-state index in [0.717, 1.165) is 0 Å². The summed E-state index contributed by atoms with van der Waals surface area (Å²) >= 11 is 0. The fourth-order valence-corrected chi connectivity index (χ4v) is 2.68. The number of benzene rings is 4. The van der Waals surface area contributed by atoms with E-state index >= 15 is 0 Å². The molecule has 0 spiro atoms. The fraction of sp³-hybridized carbons (Fsp3) is 0. The van der Waals surface area contributed by atoms with E-state index in [4.69, 9.17) is 5.11 Å². The van der Waals surface area contributed by atoms with Crippen LogP contribution in [0, 0.1) is 0 Å². The van der Waals surface area contributed by atoms with Gasteiger partial charge in [0, 0.05) is 0 Å². The molecular weight excluding hydrogens is 324 g/mol. The van der Waals surface area contributed by atoms with Crippen molar-refractivity contribution in [3.05, 3.63) is 103 Å². The van der Waals surface area contributed by atoms with E-state index in [9.17, 15) is 4.79 Å².